The van der Waals surface area contributed by atoms with Crippen molar-refractivity contribution in [3.05, 3.63) is 144 Å². The summed E-state index contributed by atoms with van der Waals surface area (Å²) in [6.07, 6.45) is 0. The monoisotopic (exact) mass is 860 g/mol. The molecule has 6 aromatic carbocycles. The molecule has 0 saturated carbocycles. The van der Waals surface area contributed by atoms with Crippen LogP contribution in [0, 0.1) is 5.38 Å². The van der Waals surface area contributed by atoms with Crippen molar-refractivity contribution in [3.63, 3.8) is 0 Å². The summed E-state index contributed by atoms with van der Waals surface area (Å²) in [6, 6.07) is 46.6. The molecule has 0 unspecified atom stereocenters. The van der Waals surface area contributed by atoms with Crippen LogP contribution in [-0.2, 0) is 20.1 Å². The fourth-order valence-electron chi connectivity index (χ4n) is 7.26. The van der Waals surface area contributed by atoms with Crippen molar-refractivity contribution in [1.29, 1.82) is 0 Å². The number of hydrogen-bond acceptors (Lipinski definition) is 3. The maximum atomic E-state index is 5.37. The second-order valence-electron chi connectivity index (χ2n) is 13.5. The normalized spacial score (nSPS) is 11.8. The summed E-state index contributed by atoms with van der Waals surface area (Å²) in [5.74, 6) is 1.56. The second kappa shape index (κ2) is 13.1. The van der Waals surface area contributed by atoms with Crippen molar-refractivity contribution >= 4 is 64.0 Å². The molecule has 247 valence electrons. The van der Waals surface area contributed by atoms with Crippen molar-refractivity contribution in [2.45, 2.75) is 39.5 Å². The first-order chi connectivity index (χ1) is 23.9. The zero-order valence-electron chi connectivity index (χ0n) is 28.3. The van der Waals surface area contributed by atoms with Gasteiger partial charge in [-0.25, -0.2) is 0 Å². The van der Waals surface area contributed by atoms with E-state index in [2.05, 4.69) is 165 Å². The minimum absolute atomic E-state index is 0. The van der Waals surface area contributed by atoms with Gasteiger partial charge in [-0.05, 0) is 87.7 Å². The average Bonchev–Trinajstić information content (AvgIpc) is 3.84. The van der Waals surface area contributed by atoms with E-state index in [-0.39, 0.29) is 20.1 Å². The van der Waals surface area contributed by atoms with Crippen molar-refractivity contribution in [2.24, 2.45) is 0 Å². The zero-order valence-corrected chi connectivity index (χ0v) is 32.4. The first kappa shape index (κ1) is 32.8. The van der Waals surface area contributed by atoms with Gasteiger partial charge >= 0.3 is 0 Å². The topological polar surface area (TPSA) is 17.8 Å². The SMILES string of the molecule is CC(C)c1cc(-c2ccccc2)cc(C(C)C)c1-n1c(-c2[c-]sc3ccc(-c4ccc5sc6ccccc6c5c4)cc23)nc2ccccc21.[Ir]. The number of aromatic nitrogens is 2. The molecule has 0 atom stereocenters. The Bertz CT molecular complexity index is 2650. The summed E-state index contributed by atoms with van der Waals surface area (Å²) in [7, 11) is 0. The molecule has 50 heavy (non-hydrogen) atoms. The molecule has 9 aromatic rings. The van der Waals surface area contributed by atoms with Crippen LogP contribution in [-0.4, -0.2) is 9.55 Å². The van der Waals surface area contributed by atoms with Crippen LogP contribution >= 0.6 is 22.7 Å². The van der Waals surface area contributed by atoms with E-state index in [1.807, 2.05) is 11.3 Å². The molecule has 0 saturated heterocycles. The molecule has 9 rings (SSSR count). The minimum atomic E-state index is 0. The van der Waals surface area contributed by atoms with Crippen molar-refractivity contribution < 1.29 is 20.1 Å². The Balaban J connectivity index is 0.00000361. The van der Waals surface area contributed by atoms with Gasteiger partial charge in [-0.15, -0.1) is 16.7 Å². The van der Waals surface area contributed by atoms with Gasteiger partial charge in [0.05, 0.1) is 16.9 Å². The fourth-order valence-corrected chi connectivity index (χ4v) is 9.17. The van der Waals surface area contributed by atoms with E-state index in [9.17, 15) is 0 Å². The summed E-state index contributed by atoms with van der Waals surface area (Å²) < 4.78 is 6.30. The molecule has 1 radical (unpaired) electrons. The van der Waals surface area contributed by atoms with Gasteiger partial charge < -0.3 is 4.57 Å². The summed E-state index contributed by atoms with van der Waals surface area (Å²) in [6.45, 7) is 9.23. The zero-order chi connectivity index (χ0) is 33.2. The first-order valence-electron chi connectivity index (χ1n) is 17.0. The van der Waals surface area contributed by atoms with Gasteiger partial charge in [-0.1, -0.05) is 128 Å². The Morgan fingerprint density at radius 2 is 1.18 bits per heavy atom. The predicted octanol–water partition coefficient (Wildman–Crippen LogP) is 13.7. The van der Waals surface area contributed by atoms with Crippen molar-refractivity contribution in [3.8, 4) is 39.3 Å². The Morgan fingerprint density at radius 1 is 0.560 bits per heavy atom. The van der Waals surface area contributed by atoms with Crippen LogP contribution in [0.2, 0.25) is 0 Å². The number of rotatable bonds is 6. The molecule has 0 amide bonds. The van der Waals surface area contributed by atoms with Crippen LogP contribution in [0.25, 0.3) is 80.6 Å². The van der Waals surface area contributed by atoms with Gasteiger partial charge in [-0.2, -0.15) is 0 Å². The molecule has 3 heterocycles. The number of nitrogens with zero attached hydrogens (tertiary/aromatic N) is 2. The number of fused-ring (bicyclic) bond motifs is 5. The van der Waals surface area contributed by atoms with Gasteiger partial charge in [-0.3, -0.25) is 16.3 Å². The average molecular weight is 860 g/mol. The quantitative estimate of drug-likeness (QED) is 0.152. The maximum absolute atomic E-state index is 5.37. The van der Waals surface area contributed by atoms with Gasteiger partial charge in [0.1, 0.15) is 0 Å². The Morgan fingerprint density at radius 3 is 1.92 bits per heavy atom. The number of imidazole rings is 1. The van der Waals surface area contributed by atoms with E-state index in [4.69, 9.17) is 4.98 Å². The van der Waals surface area contributed by atoms with E-state index >= 15 is 0 Å². The summed E-state index contributed by atoms with van der Waals surface area (Å²) >= 11 is 3.54. The van der Waals surface area contributed by atoms with E-state index in [1.54, 1.807) is 11.3 Å². The van der Waals surface area contributed by atoms with Crippen molar-refractivity contribution in [2.75, 3.05) is 0 Å². The molecular formula is C45H35IrN2S2-. The standard InChI is InChI=1S/C45H35N2S2.Ir/c1-27(2)34-24-32(29-12-6-5-7-13-29)25-35(28(3)4)44(34)47-40-16-10-9-15-39(40)46-45(47)38-26-48-41-20-18-30(23-37(38)41)31-19-21-43-36(22-31)33-14-8-11-17-42(33)49-43;/h5-25,27-28H,1-4H3;/q-1;. The molecular weight excluding hydrogens is 825 g/mol. The molecule has 0 fully saturated rings. The van der Waals surface area contributed by atoms with Gasteiger partial charge in [0.25, 0.3) is 0 Å². The van der Waals surface area contributed by atoms with Crippen LogP contribution in [0.1, 0.15) is 50.7 Å². The third-order valence-corrected chi connectivity index (χ3v) is 11.8. The third kappa shape index (κ3) is 5.45. The van der Waals surface area contributed by atoms with E-state index in [0.717, 1.165) is 22.4 Å². The maximum Gasteiger partial charge on any atom is 0.0774 e. The second-order valence-corrected chi connectivity index (χ2v) is 15.5. The summed E-state index contributed by atoms with van der Waals surface area (Å²) in [4.78, 5) is 5.37. The molecule has 0 aliphatic rings. The molecule has 3 aromatic heterocycles. The Hall–Kier alpha value is -4.38. The van der Waals surface area contributed by atoms with Crippen LogP contribution in [0.4, 0.5) is 0 Å². The first-order valence-corrected chi connectivity index (χ1v) is 18.7. The van der Waals surface area contributed by atoms with Crippen LogP contribution < -0.4 is 0 Å². The molecule has 2 nitrogen and oxygen atoms in total. The largest absolute Gasteiger partial charge is 0.333 e. The smallest absolute Gasteiger partial charge is 0.0774 e. The van der Waals surface area contributed by atoms with E-state index < -0.39 is 0 Å². The molecule has 0 aliphatic heterocycles. The molecule has 0 bridgehead atoms. The molecule has 5 heteroatoms. The summed E-state index contributed by atoms with van der Waals surface area (Å²) in [5.41, 5.74) is 12.0. The van der Waals surface area contributed by atoms with E-state index in [1.165, 1.54) is 69.3 Å². The predicted molar refractivity (Wildman–Crippen MR) is 213 cm³/mol. The van der Waals surface area contributed by atoms with E-state index in [0.29, 0.717) is 11.8 Å². The third-order valence-electron chi connectivity index (χ3n) is 9.75. The number of thiophene rings is 2. The number of hydrogen-bond donors (Lipinski definition) is 0. The Kier molecular flexibility index (Phi) is 8.57. The summed E-state index contributed by atoms with van der Waals surface area (Å²) in [5, 5.41) is 7.55. The molecule has 0 aliphatic carbocycles. The van der Waals surface area contributed by atoms with Gasteiger partial charge in [0.15, 0.2) is 0 Å². The number of para-hydroxylation sites is 2. The number of benzene rings is 6. The molecule has 0 N–H and O–H groups in total. The molecule has 0 spiro atoms. The van der Waals surface area contributed by atoms with Crippen molar-refractivity contribution in [1.82, 2.24) is 9.55 Å². The van der Waals surface area contributed by atoms with Crippen LogP contribution in [0.15, 0.2) is 127 Å². The fraction of sp³-hybridized carbons (Fsp3) is 0.133. The van der Waals surface area contributed by atoms with Crippen LogP contribution in [0.5, 0.6) is 0 Å². The van der Waals surface area contributed by atoms with Gasteiger partial charge in [0, 0.05) is 46.0 Å². The van der Waals surface area contributed by atoms with Crippen LogP contribution in [0.3, 0.4) is 0 Å². The minimum Gasteiger partial charge on any atom is -0.333 e. The Labute approximate surface area is 314 Å². The van der Waals surface area contributed by atoms with Gasteiger partial charge in [0.2, 0.25) is 0 Å².